The number of hydrogen-bond acceptors (Lipinski definition) is 4. The van der Waals surface area contributed by atoms with E-state index in [9.17, 15) is 4.39 Å². The summed E-state index contributed by atoms with van der Waals surface area (Å²) in [6.07, 6.45) is 0. The molecule has 0 fully saturated rings. The Kier molecular flexibility index (Phi) is 4.17. The molecule has 0 saturated carbocycles. The van der Waals surface area contributed by atoms with Crippen molar-refractivity contribution >= 4 is 11.8 Å². The first-order valence-corrected chi connectivity index (χ1v) is 5.13. The third kappa shape index (κ3) is 2.41. The van der Waals surface area contributed by atoms with Gasteiger partial charge >= 0.3 is 0 Å². The lowest BCUT2D eigenvalue weighted by molar-refractivity contribution is 0.532. The first-order chi connectivity index (χ1) is 6.33. The maximum Gasteiger partial charge on any atom is 0.191 e. The van der Waals surface area contributed by atoms with Crippen molar-refractivity contribution in [2.45, 2.75) is 25.2 Å². The van der Waals surface area contributed by atoms with E-state index in [1.807, 2.05) is 11.5 Å². The zero-order chi connectivity index (χ0) is 9.68. The molecule has 2 N–H and O–H groups in total. The van der Waals surface area contributed by atoms with E-state index in [-0.39, 0.29) is 6.67 Å². The average molecular weight is 204 g/mol. The Bertz CT molecular complexity index is 263. The fourth-order valence-electron chi connectivity index (χ4n) is 1.02. The summed E-state index contributed by atoms with van der Waals surface area (Å²) in [4.78, 5) is 0. The third-order valence-corrected chi connectivity index (χ3v) is 2.52. The molecule has 1 heterocycles. The lowest BCUT2D eigenvalue weighted by atomic mass is 10.6. The van der Waals surface area contributed by atoms with Crippen LogP contribution in [0, 0.1) is 0 Å². The first-order valence-electron chi connectivity index (χ1n) is 4.14. The Hall–Kier alpha value is -0.620. The van der Waals surface area contributed by atoms with Gasteiger partial charge in [0.05, 0.1) is 13.2 Å². The molecule has 0 bridgehead atoms. The Morgan fingerprint density at radius 1 is 1.54 bits per heavy atom. The number of halogens is 1. The van der Waals surface area contributed by atoms with Gasteiger partial charge in [0.2, 0.25) is 0 Å². The van der Waals surface area contributed by atoms with E-state index in [1.165, 1.54) is 11.8 Å². The molecule has 1 rings (SSSR count). The topological polar surface area (TPSA) is 56.7 Å². The molecule has 74 valence electrons. The predicted molar refractivity (Wildman–Crippen MR) is 50.3 cm³/mol. The van der Waals surface area contributed by atoms with Crippen molar-refractivity contribution < 1.29 is 4.39 Å². The molecule has 1 aromatic heterocycles. The summed E-state index contributed by atoms with van der Waals surface area (Å²) in [7, 11) is 0. The van der Waals surface area contributed by atoms with Gasteiger partial charge in [0.25, 0.3) is 0 Å². The van der Waals surface area contributed by atoms with Crippen LogP contribution in [0.5, 0.6) is 0 Å². The summed E-state index contributed by atoms with van der Waals surface area (Å²) in [5, 5.41) is 8.58. The Labute approximate surface area is 80.7 Å². The second-order valence-corrected chi connectivity index (χ2v) is 3.45. The summed E-state index contributed by atoms with van der Waals surface area (Å²) in [6, 6.07) is 0. The molecule has 0 aliphatic heterocycles. The highest BCUT2D eigenvalue weighted by atomic mass is 32.2. The van der Waals surface area contributed by atoms with Gasteiger partial charge in [0.15, 0.2) is 5.16 Å². The Balaban J connectivity index is 2.75. The van der Waals surface area contributed by atoms with Crippen molar-refractivity contribution in [2.24, 2.45) is 5.73 Å². The largest absolute Gasteiger partial charge is 0.324 e. The zero-order valence-electron chi connectivity index (χ0n) is 7.53. The van der Waals surface area contributed by atoms with E-state index in [2.05, 4.69) is 10.2 Å². The highest BCUT2D eigenvalue weighted by Gasteiger charge is 2.08. The molecule has 4 nitrogen and oxygen atoms in total. The lowest BCUT2D eigenvalue weighted by Crippen LogP contribution is -2.08. The predicted octanol–water partition coefficient (Wildman–Crippen LogP) is 0.818. The lowest BCUT2D eigenvalue weighted by Gasteiger charge is -2.03. The summed E-state index contributed by atoms with van der Waals surface area (Å²) in [5.41, 5.74) is 5.46. The van der Waals surface area contributed by atoms with Crippen molar-refractivity contribution in [3.63, 3.8) is 0 Å². The molecule has 0 unspecified atom stereocenters. The van der Waals surface area contributed by atoms with Gasteiger partial charge in [-0.25, -0.2) is 0 Å². The standard InChI is InChI=1S/C7H13FN4S/c1-2-12-6(5-9)10-11-7(12)13-4-3-8/h2-5,9H2,1H3. The molecule has 0 atom stereocenters. The van der Waals surface area contributed by atoms with Crippen LogP contribution >= 0.6 is 11.8 Å². The fraction of sp³-hybridized carbons (Fsp3) is 0.714. The van der Waals surface area contributed by atoms with Gasteiger partial charge in [-0.1, -0.05) is 11.8 Å². The number of thioether (sulfide) groups is 1. The molecule has 0 radical (unpaired) electrons. The van der Waals surface area contributed by atoms with E-state index in [1.54, 1.807) is 0 Å². The Morgan fingerprint density at radius 2 is 2.31 bits per heavy atom. The molecule has 0 aromatic carbocycles. The van der Waals surface area contributed by atoms with Crippen LogP contribution in [0.1, 0.15) is 12.7 Å². The summed E-state index contributed by atoms with van der Waals surface area (Å²) < 4.78 is 13.8. The van der Waals surface area contributed by atoms with Crippen molar-refractivity contribution in [1.29, 1.82) is 0 Å². The van der Waals surface area contributed by atoms with E-state index in [0.29, 0.717) is 12.3 Å². The van der Waals surface area contributed by atoms with Gasteiger partial charge in [-0.05, 0) is 6.92 Å². The average Bonchev–Trinajstić information content (AvgIpc) is 2.56. The van der Waals surface area contributed by atoms with Crippen molar-refractivity contribution in [2.75, 3.05) is 12.4 Å². The van der Waals surface area contributed by atoms with Crippen molar-refractivity contribution in [3.8, 4) is 0 Å². The zero-order valence-corrected chi connectivity index (χ0v) is 8.35. The second-order valence-electron chi connectivity index (χ2n) is 2.38. The number of hydrogen-bond donors (Lipinski definition) is 1. The van der Waals surface area contributed by atoms with E-state index in [4.69, 9.17) is 5.73 Å². The third-order valence-electron chi connectivity index (χ3n) is 1.60. The van der Waals surface area contributed by atoms with Gasteiger partial charge in [0.1, 0.15) is 5.82 Å². The van der Waals surface area contributed by atoms with Crippen LogP contribution in [0.4, 0.5) is 4.39 Å². The molecule has 1 aromatic rings. The van der Waals surface area contributed by atoms with Crippen LogP contribution in [0.15, 0.2) is 5.16 Å². The van der Waals surface area contributed by atoms with Crippen LogP contribution < -0.4 is 5.73 Å². The maximum absolute atomic E-state index is 11.9. The van der Waals surface area contributed by atoms with Gasteiger partial charge in [-0.15, -0.1) is 10.2 Å². The smallest absolute Gasteiger partial charge is 0.191 e. The number of aromatic nitrogens is 3. The quantitative estimate of drug-likeness (QED) is 0.721. The van der Waals surface area contributed by atoms with E-state index in [0.717, 1.165) is 17.5 Å². The van der Waals surface area contributed by atoms with Crippen LogP contribution in [-0.2, 0) is 13.1 Å². The minimum Gasteiger partial charge on any atom is -0.324 e. The van der Waals surface area contributed by atoms with Crippen LogP contribution in [0.2, 0.25) is 0 Å². The number of nitrogens with zero attached hydrogens (tertiary/aromatic N) is 3. The second kappa shape index (κ2) is 5.18. The summed E-state index contributed by atoms with van der Waals surface area (Å²) >= 11 is 1.37. The molecule has 0 spiro atoms. The molecule has 13 heavy (non-hydrogen) atoms. The molecular formula is C7H13FN4S. The van der Waals surface area contributed by atoms with E-state index < -0.39 is 0 Å². The van der Waals surface area contributed by atoms with Crippen LogP contribution in [0.25, 0.3) is 0 Å². The SMILES string of the molecule is CCn1c(CN)nnc1SCCF. The molecule has 6 heteroatoms. The normalized spacial score (nSPS) is 10.7. The minimum absolute atomic E-state index is 0.348. The number of nitrogens with two attached hydrogens (primary N) is 1. The molecule has 0 saturated heterocycles. The number of rotatable bonds is 5. The number of alkyl halides is 1. The summed E-state index contributed by atoms with van der Waals surface area (Å²) in [5.74, 6) is 1.17. The monoisotopic (exact) mass is 204 g/mol. The highest BCUT2D eigenvalue weighted by Crippen LogP contribution is 2.16. The van der Waals surface area contributed by atoms with Crippen LogP contribution in [0.3, 0.4) is 0 Å². The van der Waals surface area contributed by atoms with Crippen molar-refractivity contribution in [3.05, 3.63) is 5.82 Å². The van der Waals surface area contributed by atoms with Gasteiger partial charge in [-0.3, -0.25) is 4.39 Å². The van der Waals surface area contributed by atoms with Crippen LogP contribution in [-0.4, -0.2) is 27.2 Å². The minimum atomic E-state index is -0.348. The molecule has 0 aliphatic rings. The van der Waals surface area contributed by atoms with Crippen molar-refractivity contribution in [1.82, 2.24) is 14.8 Å². The summed E-state index contributed by atoms with van der Waals surface area (Å²) in [6.45, 7) is 2.78. The molecular weight excluding hydrogens is 191 g/mol. The Morgan fingerprint density at radius 3 is 2.85 bits per heavy atom. The molecule has 0 amide bonds. The van der Waals surface area contributed by atoms with Gasteiger partial charge in [-0.2, -0.15) is 0 Å². The van der Waals surface area contributed by atoms with Gasteiger partial charge < -0.3 is 10.3 Å². The fourth-order valence-corrected chi connectivity index (χ4v) is 1.77. The maximum atomic E-state index is 11.9. The van der Waals surface area contributed by atoms with Gasteiger partial charge in [0, 0.05) is 12.3 Å². The first kappa shape index (κ1) is 10.5. The highest BCUT2D eigenvalue weighted by molar-refractivity contribution is 7.99. The van der Waals surface area contributed by atoms with E-state index >= 15 is 0 Å². The molecule has 0 aliphatic carbocycles.